The van der Waals surface area contributed by atoms with Gasteiger partial charge in [0.2, 0.25) is 15.9 Å². The van der Waals surface area contributed by atoms with Crippen LogP contribution in [0.25, 0.3) is 6.08 Å². The van der Waals surface area contributed by atoms with E-state index in [1.54, 1.807) is 35.7 Å². The van der Waals surface area contributed by atoms with Crippen molar-refractivity contribution in [2.45, 2.75) is 17.7 Å². The standard InChI is InChI=1S/C18H21N3O3S2/c22-18(4-3-16-7-11-25-14-16)20-12-15-5-9-21(10-6-15)26(23,24)17-2-1-8-19-13-17/h1-4,7-8,11,13-15H,5-6,9-10,12H2,(H,20,22)/b4-3+. The third-order valence-corrected chi connectivity index (χ3v) is 6.96. The number of pyridine rings is 1. The first-order chi connectivity index (χ1) is 12.6. The summed E-state index contributed by atoms with van der Waals surface area (Å²) in [5, 5.41) is 6.84. The van der Waals surface area contributed by atoms with E-state index in [1.165, 1.54) is 16.6 Å². The largest absolute Gasteiger partial charge is 0.352 e. The molecule has 0 aliphatic carbocycles. The van der Waals surface area contributed by atoms with Gasteiger partial charge >= 0.3 is 0 Å². The molecule has 3 heterocycles. The lowest BCUT2D eigenvalue weighted by Gasteiger charge is -2.31. The molecular weight excluding hydrogens is 370 g/mol. The van der Waals surface area contributed by atoms with Crippen LogP contribution in [0.2, 0.25) is 0 Å². The van der Waals surface area contributed by atoms with Gasteiger partial charge < -0.3 is 5.32 Å². The minimum Gasteiger partial charge on any atom is -0.352 e. The monoisotopic (exact) mass is 391 g/mol. The normalized spacial score (nSPS) is 16.8. The highest BCUT2D eigenvalue weighted by Gasteiger charge is 2.29. The van der Waals surface area contributed by atoms with Crippen molar-refractivity contribution in [1.29, 1.82) is 0 Å². The van der Waals surface area contributed by atoms with E-state index in [2.05, 4.69) is 10.3 Å². The number of rotatable bonds is 6. The summed E-state index contributed by atoms with van der Waals surface area (Å²) in [6.07, 6.45) is 7.71. The van der Waals surface area contributed by atoms with E-state index in [4.69, 9.17) is 0 Å². The van der Waals surface area contributed by atoms with Gasteiger partial charge in [-0.15, -0.1) is 0 Å². The Morgan fingerprint density at radius 3 is 2.81 bits per heavy atom. The van der Waals surface area contributed by atoms with Crippen LogP contribution >= 0.6 is 11.3 Å². The zero-order chi connectivity index (χ0) is 18.4. The Morgan fingerprint density at radius 2 is 2.15 bits per heavy atom. The maximum absolute atomic E-state index is 12.6. The molecule has 0 radical (unpaired) electrons. The Kier molecular flexibility index (Phi) is 6.18. The molecule has 1 aliphatic rings. The fourth-order valence-electron chi connectivity index (χ4n) is 2.85. The van der Waals surface area contributed by atoms with Gasteiger partial charge in [-0.25, -0.2) is 8.42 Å². The van der Waals surface area contributed by atoms with Crippen LogP contribution in [0.3, 0.4) is 0 Å². The summed E-state index contributed by atoms with van der Waals surface area (Å²) in [5.74, 6) is 0.162. The maximum atomic E-state index is 12.6. The Morgan fingerprint density at radius 1 is 1.35 bits per heavy atom. The zero-order valence-electron chi connectivity index (χ0n) is 14.2. The molecule has 138 valence electrons. The number of carbonyl (C=O) groups excluding carboxylic acids is 1. The Bertz CT molecular complexity index is 841. The summed E-state index contributed by atoms with van der Waals surface area (Å²) < 4.78 is 26.6. The van der Waals surface area contributed by atoms with Crippen LogP contribution in [-0.4, -0.2) is 43.2 Å². The first-order valence-corrected chi connectivity index (χ1v) is 10.8. The molecule has 1 aliphatic heterocycles. The lowest BCUT2D eigenvalue weighted by Crippen LogP contribution is -2.41. The molecule has 0 saturated carbocycles. The van der Waals surface area contributed by atoms with Gasteiger partial charge in [0.25, 0.3) is 0 Å². The average Bonchev–Trinajstić information content (AvgIpc) is 3.19. The summed E-state index contributed by atoms with van der Waals surface area (Å²) in [7, 11) is -3.48. The van der Waals surface area contributed by atoms with Crippen LogP contribution in [0.15, 0.2) is 52.3 Å². The SMILES string of the molecule is O=C(/C=C/c1ccsc1)NCC1CCN(S(=O)(=O)c2cccnc2)CC1. The van der Waals surface area contributed by atoms with Crippen LogP contribution in [0, 0.1) is 5.92 Å². The van der Waals surface area contributed by atoms with E-state index in [9.17, 15) is 13.2 Å². The molecule has 8 heteroatoms. The smallest absolute Gasteiger partial charge is 0.244 e. The van der Waals surface area contributed by atoms with Gasteiger partial charge in [-0.1, -0.05) is 0 Å². The van der Waals surface area contributed by atoms with Crippen LogP contribution in [0.4, 0.5) is 0 Å². The molecule has 6 nitrogen and oxygen atoms in total. The number of carbonyl (C=O) groups is 1. The molecule has 0 atom stereocenters. The van der Waals surface area contributed by atoms with E-state index >= 15 is 0 Å². The fourth-order valence-corrected chi connectivity index (χ4v) is 4.91. The molecule has 1 saturated heterocycles. The number of aromatic nitrogens is 1. The molecule has 0 bridgehead atoms. The van der Waals surface area contributed by atoms with Crippen molar-refractivity contribution < 1.29 is 13.2 Å². The number of hydrogen-bond acceptors (Lipinski definition) is 5. The van der Waals surface area contributed by atoms with Crippen molar-refractivity contribution in [3.8, 4) is 0 Å². The molecule has 0 unspecified atom stereocenters. The van der Waals surface area contributed by atoms with E-state index in [0.29, 0.717) is 19.6 Å². The Balaban J connectivity index is 1.46. The lowest BCUT2D eigenvalue weighted by atomic mass is 9.98. The van der Waals surface area contributed by atoms with Crippen molar-refractivity contribution >= 4 is 33.3 Å². The number of piperidine rings is 1. The van der Waals surface area contributed by atoms with Crippen LogP contribution < -0.4 is 5.32 Å². The summed E-state index contributed by atoms with van der Waals surface area (Å²) in [5.41, 5.74) is 1.01. The summed E-state index contributed by atoms with van der Waals surface area (Å²) in [4.78, 5) is 16.0. The van der Waals surface area contributed by atoms with E-state index in [0.717, 1.165) is 18.4 Å². The summed E-state index contributed by atoms with van der Waals surface area (Å²) in [6.45, 7) is 1.48. The predicted molar refractivity (Wildman–Crippen MR) is 102 cm³/mol. The van der Waals surface area contributed by atoms with Crippen molar-refractivity contribution in [3.05, 3.63) is 53.0 Å². The van der Waals surface area contributed by atoms with Gasteiger partial charge in [0.05, 0.1) is 0 Å². The number of nitrogens with zero attached hydrogens (tertiary/aromatic N) is 2. The van der Waals surface area contributed by atoms with Gasteiger partial charge in [0, 0.05) is 38.1 Å². The molecule has 2 aromatic rings. The quantitative estimate of drug-likeness (QED) is 0.767. The highest BCUT2D eigenvalue weighted by molar-refractivity contribution is 7.89. The minimum absolute atomic E-state index is 0.124. The van der Waals surface area contributed by atoms with E-state index < -0.39 is 10.0 Å². The second-order valence-electron chi connectivity index (χ2n) is 6.17. The van der Waals surface area contributed by atoms with Gasteiger partial charge in [0.15, 0.2) is 0 Å². The second kappa shape index (κ2) is 8.57. The Hall–Kier alpha value is -2.03. The highest BCUT2D eigenvalue weighted by atomic mass is 32.2. The van der Waals surface area contributed by atoms with Crippen LogP contribution in [0.1, 0.15) is 18.4 Å². The first kappa shape index (κ1) is 18.8. The van der Waals surface area contributed by atoms with Crippen molar-refractivity contribution in [2.24, 2.45) is 5.92 Å². The van der Waals surface area contributed by atoms with Crippen LogP contribution in [-0.2, 0) is 14.8 Å². The molecule has 1 N–H and O–H groups in total. The topological polar surface area (TPSA) is 79.4 Å². The maximum Gasteiger partial charge on any atom is 0.244 e. The van der Waals surface area contributed by atoms with Gasteiger partial charge in [0.1, 0.15) is 4.90 Å². The first-order valence-electron chi connectivity index (χ1n) is 8.44. The average molecular weight is 392 g/mol. The van der Waals surface area contributed by atoms with Gasteiger partial charge in [-0.2, -0.15) is 15.6 Å². The molecule has 3 rings (SSSR count). The number of sulfonamides is 1. The van der Waals surface area contributed by atoms with Crippen LogP contribution in [0.5, 0.6) is 0 Å². The minimum atomic E-state index is -3.48. The zero-order valence-corrected chi connectivity index (χ0v) is 15.9. The number of thiophene rings is 1. The lowest BCUT2D eigenvalue weighted by molar-refractivity contribution is -0.116. The molecule has 26 heavy (non-hydrogen) atoms. The predicted octanol–water partition coefficient (Wildman–Crippen LogP) is 2.37. The van der Waals surface area contributed by atoms with Gasteiger partial charge in [-0.3, -0.25) is 9.78 Å². The fraction of sp³-hybridized carbons (Fsp3) is 0.333. The van der Waals surface area contributed by atoms with Crippen molar-refractivity contribution in [3.63, 3.8) is 0 Å². The Labute approximate surface area is 157 Å². The third kappa shape index (κ3) is 4.78. The number of amides is 1. The van der Waals surface area contributed by atoms with E-state index in [1.807, 2.05) is 16.8 Å². The highest BCUT2D eigenvalue weighted by Crippen LogP contribution is 2.23. The van der Waals surface area contributed by atoms with Crippen molar-refractivity contribution in [2.75, 3.05) is 19.6 Å². The summed E-state index contributed by atoms with van der Waals surface area (Å²) in [6, 6.07) is 5.14. The molecular formula is C18H21N3O3S2. The van der Waals surface area contributed by atoms with Crippen molar-refractivity contribution in [1.82, 2.24) is 14.6 Å². The second-order valence-corrected chi connectivity index (χ2v) is 8.89. The number of hydrogen-bond donors (Lipinski definition) is 1. The summed E-state index contributed by atoms with van der Waals surface area (Å²) >= 11 is 1.59. The molecule has 1 amide bonds. The molecule has 0 aromatic carbocycles. The third-order valence-electron chi connectivity index (χ3n) is 4.38. The molecule has 0 spiro atoms. The van der Waals surface area contributed by atoms with E-state index in [-0.39, 0.29) is 16.7 Å². The molecule has 1 fully saturated rings. The number of nitrogens with one attached hydrogen (secondary N) is 1. The molecule has 2 aromatic heterocycles. The van der Waals surface area contributed by atoms with Gasteiger partial charge in [-0.05, 0) is 59.4 Å².